The van der Waals surface area contributed by atoms with Crippen molar-refractivity contribution in [1.82, 2.24) is 15.3 Å². The number of benzene rings is 2. The van der Waals surface area contributed by atoms with Crippen LogP contribution in [0.4, 0.5) is 5.82 Å². The van der Waals surface area contributed by atoms with E-state index in [0.29, 0.717) is 11.9 Å². The highest BCUT2D eigenvalue weighted by molar-refractivity contribution is 6.15. The second kappa shape index (κ2) is 13.2. The van der Waals surface area contributed by atoms with Gasteiger partial charge in [0, 0.05) is 18.7 Å². The lowest BCUT2D eigenvalue weighted by Gasteiger charge is -2.26. The Labute approximate surface area is 213 Å². The second-order valence-electron chi connectivity index (χ2n) is 8.90. The number of aliphatic imine (C=N–C) groups is 1. The largest absolute Gasteiger partial charge is 0.457 e. The summed E-state index contributed by atoms with van der Waals surface area (Å²) < 4.78 is 5.81. The number of hydrogen-bond donors (Lipinski definition) is 2. The minimum Gasteiger partial charge on any atom is -0.457 e. The smallest absolute Gasteiger partial charge is 0.243 e. The van der Waals surface area contributed by atoms with Crippen LogP contribution in [-0.2, 0) is 4.79 Å². The summed E-state index contributed by atoms with van der Waals surface area (Å²) in [7, 11) is 1.73. The van der Waals surface area contributed by atoms with Gasteiger partial charge in [0.15, 0.2) is 0 Å². The number of aryl methyl sites for hydroxylation is 1. The van der Waals surface area contributed by atoms with E-state index in [1.165, 1.54) is 25.2 Å². The number of nitrogen functional groups attached to an aromatic ring is 1. The number of carbonyl (C=O) groups excluding carboxylic acids is 1. The highest BCUT2D eigenvalue weighted by atomic mass is 16.5. The van der Waals surface area contributed by atoms with Crippen molar-refractivity contribution < 1.29 is 9.53 Å². The van der Waals surface area contributed by atoms with E-state index in [-0.39, 0.29) is 5.91 Å². The number of amides is 1. The third kappa shape index (κ3) is 7.50. The summed E-state index contributed by atoms with van der Waals surface area (Å²) in [6.07, 6.45) is 7.53. The minimum absolute atomic E-state index is 0.0328. The summed E-state index contributed by atoms with van der Waals surface area (Å²) in [4.78, 5) is 23.6. The molecule has 1 aliphatic carbocycles. The molecule has 1 aromatic heterocycles. The van der Waals surface area contributed by atoms with Crippen LogP contribution in [0.3, 0.4) is 0 Å². The molecule has 3 N–H and O–H groups in total. The maximum Gasteiger partial charge on any atom is 0.243 e. The number of nitrogens with one attached hydrogen (secondary N) is 1. The van der Waals surface area contributed by atoms with Gasteiger partial charge in [0.05, 0.1) is 17.0 Å². The molecular formula is C29H35N5O2. The molecule has 36 heavy (non-hydrogen) atoms. The molecule has 1 amide bonds. The van der Waals surface area contributed by atoms with E-state index in [0.717, 1.165) is 52.8 Å². The number of nitrogens with two attached hydrogens (primary N) is 1. The van der Waals surface area contributed by atoms with Crippen LogP contribution in [-0.4, -0.2) is 34.7 Å². The summed E-state index contributed by atoms with van der Waals surface area (Å²) in [5, 5.41) is 2.93. The number of rotatable bonds is 6. The number of carbonyl (C=O) groups is 1. The molecule has 0 unspecified atom stereocenters. The molecule has 1 aliphatic rings. The first-order valence-corrected chi connectivity index (χ1v) is 12.2. The van der Waals surface area contributed by atoms with Gasteiger partial charge in [-0.05, 0) is 81.0 Å². The minimum atomic E-state index is -0.0328. The van der Waals surface area contributed by atoms with Crippen molar-refractivity contribution in [3.63, 3.8) is 0 Å². The molecule has 1 saturated carbocycles. The SMILES string of the molecule is C=CC(=O)NC1CCC(C)CC1.CN=C(c1ccc(Oc2ccccc2)cc1)c1c(C)ncnc1N. The van der Waals surface area contributed by atoms with Gasteiger partial charge in [0.1, 0.15) is 23.6 Å². The average Bonchev–Trinajstić information content (AvgIpc) is 2.89. The Morgan fingerprint density at radius 2 is 1.69 bits per heavy atom. The molecule has 0 saturated heterocycles. The van der Waals surface area contributed by atoms with E-state index >= 15 is 0 Å². The molecule has 0 bridgehead atoms. The topological polar surface area (TPSA) is 102 Å². The van der Waals surface area contributed by atoms with E-state index in [4.69, 9.17) is 10.5 Å². The van der Waals surface area contributed by atoms with Gasteiger partial charge >= 0.3 is 0 Å². The zero-order valence-electron chi connectivity index (χ0n) is 21.3. The Bertz CT molecular complexity index is 1150. The Hall–Kier alpha value is -4.00. The van der Waals surface area contributed by atoms with E-state index in [9.17, 15) is 4.79 Å². The van der Waals surface area contributed by atoms with Crippen LogP contribution in [0.2, 0.25) is 0 Å². The first-order chi connectivity index (χ1) is 17.4. The van der Waals surface area contributed by atoms with E-state index in [1.807, 2.05) is 61.5 Å². The summed E-state index contributed by atoms with van der Waals surface area (Å²) in [5.41, 5.74) is 9.26. The quantitative estimate of drug-likeness (QED) is 0.355. The van der Waals surface area contributed by atoms with Crippen molar-refractivity contribution in [1.29, 1.82) is 0 Å². The van der Waals surface area contributed by atoms with Gasteiger partial charge in [0.25, 0.3) is 0 Å². The summed E-state index contributed by atoms with van der Waals surface area (Å²) in [6.45, 7) is 7.59. The molecule has 1 fully saturated rings. The molecule has 7 heteroatoms. The molecule has 188 valence electrons. The monoisotopic (exact) mass is 485 g/mol. The van der Waals surface area contributed by atoms with Crippen molar-refractivity contribution in [2.45, 2.75) is 45.6 Å². The lowest BCUT2D eigenvalue weighted by Crippen LogP contribution is -2.36. The number of aromatic nitrogens is 2. The number of para-hydroxylation sites is 1. The Balaban J connectivity index is 0.000000253. The van der Waals surface area contributed by atoms with Crippen LogP contribution in [0.15, 0.2) is 78.6 Å². The zero-order chi connectivity index (χ0) is 25.9. The van der Waals surface area contributed by atoms with Crippen molar-refractivity contribution in [2.75, 3.05) is 12.8 Å². The predicted octanol–water partition coefficient (Wildman–Crippen LogP) is 5.49. The molecule has 1 heterocycles. The molecule has 0 aliphatic heterocycles. The predicted molar refractivity (Wildman–Crippen MR) is 145 cm³/mol. The van der Waals surface area contributed by atoms with Crippen LogP contribution in [0.25, 0.3) is 0 Å². The first kappa shape index (κ1) is 26.6. The summed E-state index contributed by atoms with van der Waals surface area (Å²) in [5.74, 6) is 2.78. The summed E-state index contributed by atoms with van der Waals surface area (Å²) >= 11 is 0. The molecule has 0 spiro atoms. The lowest BCUT2D eigenvalue weighted by molar-refractivity contribution is -0.117. The standard InChI is InChI=1S/C19H18N4O.C10H17NO/c1-13-17(19(20)23-12-22-13)18(21-2)14-8-10-16(11-9-14)24-15-6-4-3-5-7-15;1-3-10(12)11-9-6-4-8(2)5-7-9/h3-12H,1-2H3,(H2,20,22,23);3,8-9H,1,4-7H2,2H3,(H,11,12). The molecule has 7 nitrogen and oxygen atoms in total. The van der Waals surface area contributed by atoms with Crippen LogP contribution >= 0.6 is 0 Å². The second-order valence-corrected chi connectivity index (χ2v) is 8.90. The molecule has 0 atom stereocenters. The first-order valence-electron chi connectivity index (χ1n) is 12.2. The Morgan fingerprint density at radius 1 is 1.06 bits per heavy atom. The highest BCUT2D eigenvalue weighted by Crippen LogP contribution is 2.24. The lowest BCUT2D eigenvalue weighted by atomic mass is 9.87. The Kier molecular flexibility index (Phi) is 9.74. The molecular weight excluding hydrogens is 450 g/mol. The van der Waals surface area contributed by atoms with Crippen LogP contribution in [0.1, 0.15) is 49.4 Å². The van der Waals surface area contributed by atoms with Gasteiger partial charge in [-0.3, -0.25) is 9.79 Å². The number of nitrogens with zero attached hydrogens (tertiary/aromatic N) is 3. The van der Waals surface area contributed by atoms with Crippen molar-refractivity contribution in [2.24, 2.45) is 10.9 Å². The molecule has 4 rings (SSSR count). The maximum atomic E-state index is 10.9. The summed E-state index contributed by atoms with van der Waals surface area (Å²) in [6, 6.07) is 17.8. The highest BCUT2D eigenvalue weighted by Gasteiger charge is 2.18. The van der Waals surface area contributed by atoms with Gasteiger partial charge in [-0.1, -0.05) is 31.7 Å². The third-order valence-corrected chi connectivity index (χ3v) is 6.18. The molecule has 2 aromatic carbocycles. The Morgan fingerprint density at radius 3 is 2.28 bits per heavy atom. The maximum absolute atomic E-state index is 10.9. The van der Waals surface area contributed by atoms with Gasteiger partial charge in [-0.2, -0.15) is 0 Å². The van der Waals surface area contributed by atoms with Crippen molar-refractivity contribution >= 4 is 17.4 Å². The van der Waals surface area contributed by atoms with Gasteiger partial charge in [0.2, 0.25) is 5.91 Å². The van der Waals surface area contributed by atoms with Crippen LogP contribution in [0, 0.1) is 12.8 Å². The van der Waals surface area contributed by atoms with Gasteiger partial charge in [-0.15, -0.1) is 0 Å². The zero-order valence-corrected chi connectivity index (χ0v) is 21.3. The van der Waals surface area contributed by atoms with E-state index in [1.54, 1.807) is 7.05 Å². The average molecular weight is 486 g/mol. The van der Waals surface area contributed by atoms with Crippen molar-refractivity contribution in [3.8, 4) is 11.5 Å². The van der Waals surface area contributed by atoms with Crippen LogP contribution < -0.4 is 15.8 Å². The van der Waals surface area contributed by atoms with Crippen molar-refractivity contribution in [3.05, 3.63) is 90.4 Å². The van der Waals surface area contributed by atoms with E-state index in [2.05, 4.69) is 33.8 Å². The fourth-order valence-corrected chi connectivity index (χ4v) is 4.14. The van der Waals surface area contributed by atoms with Crippen LogP contribution in [0.5, 0.6) is 11.5 Å². The van der Waals surface area contributed by atoms with Gasteiger partial charge in [-0.25, -0.2) is 9.97 Å². The number of hydrogen-bond acceptors (Lipinski definition) is 6. The molecule has 0 radical (unpaired) electrons. The fourth-order valence-electron chi connectivity index (χ4n) is 4.14. The normalized spacial score (nSPS) is 17.4. The number of anilines is 1. The third-order valence-electron chi connectivity index (χ3n) is 6.18. The van der Waals surface area contributed by atoms with Gasteiger partial charge < -0.3 is 15.8 Å². The number of ether oxygens (including phenoxy) is 1. The van der Waals surface area contributed by atoms with E-state index < -0.39 is 0 Å². The fraction of sp³-hybridized carbons (Fsp3) is 0.310. The molecule has 3 aromatic rings.